The van der Waals surface area contributed by atoms with Crippen LogP contribution in [0.5, 0.6) is 0 Å². The van der Waals surface area contributed by atoms with E-state index in [4.69, 9.17) is 15.1 Å². The highest BCUT2D eigenvalue weighted by Gasteiger charge is 2.17. The normalized spacial score (nSPS) is 17.9. The average Bonchev–Trinajstić information content (AvgIpc) is 2.27. The van der Waals surface area contributed by atoms with Crippen LogP contribution in [0.25, 0.3) is 0 Å². The van der Waals surface area contributed by atoms with Crippen molar-refractivity contribution in [1.29, 1.82) is 0 Å². The second-order valence-corrected chi connectivity index (χ2v) is 3.33. The van der Waals surface area contributed by atoms with Gasteiger partial charge in [0.1, 0.15) is 11.5 Å². The molecular weight excluding hydrogens is 210 g/mol. The van der Waals surface area contributed by atoms with Crippen LogP contribution in [0.3, 0.4) is 0 Å². The predicted molar refractivity (Wildman–Crippen MR) is 58.5 cm³/mol. The Morgan fingerprint density at radius 3 is 2.94 bits per heavy atom. The smallest absolute Gasteiger partial charge is 0.303 e. The third-order valence-corrected chi connectivity index (χ3v) is 2.20. The van der Waals surface area contributed by atoms with Crippen molar-refractivity contribution in [2.24, 2.45) is 5.16 Å². The minimum absolute atomic E-state index is 0.0367. The second-order valence-electron chi connectivity index (χ2n) is 3.33. The Hall–Kier alpha value is -1.78. The molecule has 1 rings (SSSR count). The topological polar surface area (TPSA) is 79.1 Å². The molecule has 0 bridgehead atoms. The van der Waals surface area contributed by atoms with Crippen LogP contribution in [0, 0.1) is 0 Å². The van der Waals surface area contributed by atoms with Gasteiger partial charge in [-0.2, -0.15) is 0 Å². The Morgan fingerprint density at radius 2 is 2.38 bits per heavy atom. The molecule has 0 aromatic heterocycles. The maximum Gasteiger partial charge on any atom is 0.303 e. The number of carboxylic acids is 1. The molecule has 0 saturated heterocycles. The van der Waals surface area contributed by atoms with Gasteiger partial charge in [0.15, 0.2) is 0 Å². The van der Waals surface area contributed by atoms with Crippen LogP contribution in [0.2, 0.25) is 0 Å². The quantitative estimate of drug-likeness (QED) is 0.553. The highest BCUT2D eigenvalue weighted by Crippen LogP contribution is 2.22. The monoisotopic (exact) mass is 225 g/mol. The summed E-state index contributed by atoms with van der Waals surface area (Å²) >= 11 is 0. The number of oxime groups is 1. The van der Waals surface area contributed by atoms with Gasteiger partial charge in [-0.1, -0.05) is 17.3 Å². The highest BCUT2D eigenvalue weighted by atomic mass is 16.5. The molecule has 0 fully saturated rings. The molecular formula is C11H15NO4. The van der Waals surface area contributed by atoms with Gasteiger partial charge in [-0.25, -0.2) is 0 Å². The molecule has 0 unspecified atom stereocenters. The lowest BCUT2D eigenvalue weighted by atomic mass is 9.99. The third-order valence-electron chi connectivity index (χ3n) is 2.20. The molecule has 0 aromatic carbocycles. The molecule has 1 aliphatic rings. The maximum absolute atomic E-state index is 10.5. The lowest BCUT2D eigenvalue weighted by molar-refractivity contribution is -0.136. The number of ether oxygens (including phenoxy) is 1. The van der Waals surface area contributed by atoms with E-state index in [1.165, 1.54) is 0 Å². The minimum Gasteiger partial charge on any atom is -0.492 e. The summed E-state index contributed by atoms with van der Waals surface area (Å²) in [5.41, 5.74) is 1.22. The van der Waals surface area contributed by atoms with Gasteiger partial charge in [0, 0.05) is 12.8 Å². The zero-order valence-electron chi connectivity index (χ0n) is 9.14. The van der Waals surface area contributed by atoms with E-state index in [1.54, 1.807) is 0 Å². The highest BCUT2D eigenvalue weighted by molar-refractivity contribution is 6.01. The molecule has 1 aliphatic carbocycles. The molecule has 16 heavy (non-hydrogen) atoms. The van der Waals surface area contributed by atoms with Crippen LogP contribution < -0.4 is 0 Å². The Balaban J connectivity index is 2.87. The molecule has 0 saturated carbocycles. The standard InChI is InChI=1S/C11H15NO4/c1-2-16-11-8(6-7-10(13)14)4-3-5-9(11)12-15/h3-4,15H,2,5-7H2,1H3,(H,13,14). The summed E-state index contributed by atoms with van der Waals surface area (Å²) in [6.07, 6.45) is 4.56. The summed E-state index contributed by atoms with van der Waals surface area (Å²) in [5.74, 6) is -0.349. The van der Waals surface area contributed by atoms with E-state index in [1.807, 2.05) is 19.1 Å². The van der Waals surface area contributed by atoms with Crippen molar-refractivity contribution < 1.29 is 19.8 Å². The molecule has 0 radical (unpaired) electrons. The molecule has 88 valence electrons. The summed E-state index contributed by atoms with van der Waals surface area (Å²) < 4.78 is 5.38. The average molecular weight is 225 g/mol. The molecule has 0 aromatic rings. The summed E-state index contributed by atoms with van der Waals surface area (Å²) in [4.78, 5) is 10.5. The fraction of sp³-hybridized carbons (Fsp3) is 0.455. The van der Waals surface area contributed by atoms with Gasteiger partial charge in [0.25, 0.3) is 0 Å². The first-order valence-corrected chi connectivity index (χ1v) is 5.14. The SMILES string of the molecule is CCOC1=C(CCC(=O)O)C=CCC1=NO. The molecule has 0 heterocycles. The Labute approximate surface area is 93.7 Å². The summed E-state index contributed by atoms with van der Waals surface area (Å²) in [6.45, 7) is 2.29. The van der Waals surface area contributed by atoms with Crippen molar-refractivity contribution in [3.8, 4) is 0 Å². The van der Waals surface area contributed by atoms with Gasteiger partial charge in [-0.05, 0) is 18.9 Å². The first-order chi connectivity index (χ1) is 7.69. The van der Waals surface area contributed by atoms with Crippen molar-refractivity contribution in [2.45, 2.75) is 26.2 Å². The van der Waals surface area contributed by atoms with E-state index in [-0.39, 0.29) is 6.42 Å². The van der Waals surface area contributed by atoms with Gasteiger partial charge in [0.2, 0.25) is 0 Å². The number of allylic oxidation sites excluding steroid dienone is 4. The molecule has 0 atom stereocenters. The maximum atomic E-state index is 10.5. The van der Waals surface area contributed by atoms with Crippen LogP contribution in [0.15, 0.2) is 28.6 Å². The number of hydrogen-bond donors (Lipinski definition) is 2. The van der Waals surface area contributed by atoms with Crippen LogP contribution in [-0.2, 0) is 9.53 Å². The number of aliphatic carboxylic acids is 1. The summed E-state index contributed by atoms with van der Waals surface area (Å²) in [5, 5.41) is 20.6. The van der Waals surface area contributed by atoms with E-state index in [0.29, 0.717) is 30.9 Å². The zero-order valence-corrected chi connectivity index (χ0v) is 9.14. The fourth-order valence-corrected chi connectivity index (χ4v) is 1.51. The molecule has 5 heteroatoms. The van der Waals surface area contributed by atoms with E-state index in [0.717, 1.165) is 5.57 Å². The first kappa shape index (κ1) is 12.3. The molecule has 0 aliphatic heterocycles. The number of nitrogens with zero attached hydrogens (tertiary/aromatic N) is 1. The third kappa shape index (κ3) is 3.12. The number of carbonyl (C=O) groups is 1. The van der Waals surface area contributed by atoms with Crippen molar-refractivity contribution in [3.63, 3.8) is 0 Å². The van der Waals surface area contributed by atoms with Gasteiger partial charge < -0.3 is 15.1 Å². The van der Waals surface area contributed by atoms with Crippen molar-refractivity contribution >= 4 is 11.7 Å². The fourth-order valence-electron chi connectivity index (χ4n) is 1.51. The van der Waals surface area contributed by atoms with Crippen LogP contribution in [0.4, 0.5) is 0 Å². The first-order valence-electron chi connectivity index (χ1n) is 5.14. The molecule has 0 spiro atoms. The lowest BCUT2D eigenvalue weighted by Crippen LogP contribution is -2.12. The zero-order chi connectivity index (χ0) is 12.0. The Bertz CT molecular complexity index is 355. The van der Waals surface area contributed by atoms with E-state index in [2.05, 4.69) is 5.16 Å². The Morgan fingerprint density at radius 1 is 1.62 bits per heavy atom. The van der Waals surface area contributed by atoms with Crippen molar-refractivity contribution in [1.82, 2.24) is 0 Å². The van der Waals surface area contributed by atoms with Crippen LogP contribution in [0.1, 0.15) is 26.2 Å². The lowest BCUT2D eigenvalue weighted by Gasteiger charge is -2.16. The van der Waals surface area contributed by atoms with Gasteiger partial charge in [-0.15, -0.1) is 0 Å². The van der Waals surface area contributed by atoms with Gasteiger partial charge in [-0.3, -0.25) is 4.79 Å². The largest absolute Gasteiger partial charge is 0.492 e. The number of hydrogen-bond acceptors (Lipinski definition) is 4. The van der Waals surface area contributed by atoms with E-state index >= 15 is 0 Å². The van der Waals surface area contributed by atoms with Crippen LogP contribution >= 0.6 is 0 Å². The van der Waals surface area contributed by atoms with Gasteiger partial charge >= 0.3 is 5.97 Å². The molecule has 5 nitrogen and oxygen atoms in total. The molecule has 0 amide bonds. The number of rotatable bonds is 5. The van der Waals surface area contributed by atoms with Crippen molar-refractivity contribution in [3.05, 3.63) is 23.5 Å². The summed E-state index contributed by atoms with van der Waals surface area (Å²) in [7, 11) is 0. The molecule has 2 N–H and O–H groups in total. The van der Waals surface area contributed by atoms with Crippen LogP contribution in [-0.4, -0.2) is 28.6 Å². The number of carboxylic acid groups (broad SMARTS) is 1. The second kappa shape index (κ2) is 5.95. The minimum atomic E-state index is -0.857. The van der Waals surface area contributed by atoms with Crippen molar-refractivity contribution in [2.75, 3.05) is 6.61 Å². The van der Waals surface area contributed by atoms with E-state index < -0.39 is 5.97 Å². The predicted octanol–water partition coefficient (Wildman–Crippen LogP) is 1.93. The summed E-state index contributed by atoms with van der Waals surface area (Å²) in [6, 6.07) is 0. The van der Waals surface area contributed by atoms with Gasteiger partial charge in [0.05, 0.1) is 6.61 Å². The van der Waals surface area contributed by atoms with E-state index in [9.17, 15) is 4.79 Å². The Kier molecular flexibility index (Phi) is 4.57.